The molecule has 2 aromatic rings. The van der Waals surface area contributed by atoms with Crippen molar-refractivity contribution in [2.75, 3.05) is 0 Å². The molecule has 4 heteroatoms. The van der Waals surface area contributed by atoms with Crippen LogP contribution >= 0.6 is 0 Å². The SMILES string of the molecule is Cn1ccc(Cn2cccn2)n1. The molecule has 2 rings (SSSR count). The van der Waals surface area contributed by atoms with Gasteiger partial charge in [-0.15, -0.1) is 0 Å². The van der Waals surface area contributed by atoms with E-state index in [4.69, 9.17) is 0 Å². The minimum atomic E-state index is 0.744. The Morgan fingerprint density at radius 2 is 2.33 bits per heavy atom. The van der Waals surface area contributed by atoms with Crippen LogP contribution in [0.25, 0.3) is 0 Å². The zero-order chi connectivity index (χ0) is 8.39. The fraction of sp³-hybridized carbons (Fsp3) is 0.250. The van der Waals surface area contributed by atoms with Crippen molar-refractivity contribution in [2.24, 2.45) is 7.05 Å². The van der Waals surface area contributed by atoms with E-state index >= 15 is 0 Å². The molecule has 62 valence electrons. The fourth-order valence-corrected chi connectivity index (χ4v) is 1.11. The minimum absolute atomic E-state index is 0.744. The molecule has 0 fully saturated rings. The second kappa shape index (κ2) is 2.81. The topological polar surface area (TPSA) is 35.6 Å². The molecule has 2 heterocycles. The zero-order valence-electron chi connectivity index (χ0n) is 6.88. The van der Waals surface area contributed by atoms with Crippen LogP contribution in [-0.2, 0) is 13.6 Å². The highest BCUT2D eigenvalue weighted by Crippen LogP contribution is 1.96. The highest BCUT2D eigenvalue weighted by Gasteiger charge is 1.96. The van der Waals surface area contributed by atoms with Crippen LogP contribution in [0.2, 0.25) is 0 Å². The van der Waals surface area contributed by atoms with Crippen molar-refractivity contribution >= 4 is 0 Å². The lowest BCUT2D eigenvalue weighted by molar-refractivity contribution is 0.650. The average Bonchev–Trinajstić information content (AvgIpc) is 2.63. The van der Waals surface area contributed by atoms with Gasteiger partial charge in [0.15, 0.2) is 0 Å². The lowest BCUT2D eigenvalue weighted by Crippen LogP contribution is -2.01. The molecule has 2 aromatic heterocycles. The van der Waals surface area contributed by atoms with Gasteiger partial charge in [0.1, 0.15) is 0 Å². The Morgan fingerprint density at radius 3 is 2.92 bits per heavy atom. The molecular formula is C8H10N4. The Balaban J connectivity index is 2.14. The maximum atomic E-state index is 4.24. The maximum Gasteiger partial charge on any atom is 0.0849 e. The van der Waals surface area contributed by atoms with Gasteiger partial charge >= 0.3 is 0 Å². The van der Waals surface area contributed by atoms with Gasteiger partial charge in [-0.25, -0.2) is 0 Å². The Bertz CT molecular complexity index is 347. The normalized spacial score (nSPS) is 10.4. The second-order valence-corrected chi connectivity index (χ2v) is 2.68. The van der Waals surface area contributed by atoms with Gasteiger partial charge in [0.05, 0.1) is 12.2 Å². The molecular weight excluding hydrogens is 152 g/mol. The van der Waals surface area contributed by atoms with Gasteiger partial charge in [-0.05, 0) is 12.1 Å². The van der Waals surface area contributed by atoms with Crippen LogP contribution in [0.15, 0.2) is 30.7 Å². The van der Waals surface area contributed by atoms with Crippen LogP contribution in [0.4, 0.5) is 0 Å². The maximum absolute atomic E-state index is 4.24. The van der Waals surface area contributed by atoms with Gasteiger partial charge in [0, 0.05) is 25.6 Å². The summed E-state index contributed by atoms with van der Waals surface area (Å²) in [4.78, 5) is 0. The van der Waals surface area contributed by atoms with Gasteiger partial charge < -0.3 is 0 Å². The summed E-state index contributed by atoms with van der Waals surface area (Å²) in [6.07, 6.45) is 5.62. The third-order valence-electron chi connectivity index (χ3n) is 1.65. The van der Waals surface area contributed by atoms with Crippen molar-refractivity contribution in [2.45, 2.75) is 6.54 Å². The predicted molar refractivity (Wildman–Crippen MR) is 44.5 cm³/mol. The molecule has 0 saturated heterocycles. The Labute approximate surface area is 70.4 Å². The molecule has 0 bridgehead atoms. The summed E-state index contributed by atoms with van der Waals surface area (Å²) in [5.41, 5.74) is 1.03. The lowest BCUT2D eigenvalue weighted by atomic mass is 10.4. The second-order valence-electron chi connectivity index (χ2n) is 2.68. The Hall–Kier alpha value is -1.58. The standard InChI is InChI=1S/C8H10N4/c1-11-6-3-8(10-11)7-12-5-2-4-9-12/h2-6H,7H2,1H3. The van der Waals surface area contributed by atoms with Gasteiger partial charge in [0.25, 0.3) is 0 Å². The minimum Gasteiger partial charge on any atom is -0.275 e. The third-order valence-corrected chi connectivity index (χ3v) is 1.65. The summed E-state index contributed by atoms with van der Waals surface area (Å²) >= 11 is 0. The summed E-state index contributed by atoms with van der Waals surface area (Å²) in [6, 6.07) is 3.89. The monoisotopic (exact) mass is 162 g/mol. The smallest absolute Gasteiger partial charge is 0.0849 e. The van der Waals surface area contributed by atoms with Crippen LogP contribution in [0.1, 0.15) is 5.69 Å². The number of hydrogen-bond acceptors (Lipinski definition) is 2. The van der Waals surface area contributed by atoms with E-state index < -0.39 is 0 Å². The van der Waals surface area contributed by atoms with Gasteiger partial charge in [-0.1, -0.05) is 0 Å². The van der Waals surface area contributed by atoms with E-state index in [0.717, 1.165) is 12.2 Å². The van der Waals surface area contributed by atoms with Crippen LogP contribution in [0, 0.1) is 0 Å². The molecule has 0 atom stereocenters. The largest absolute Gasteiger partial charge is 0.275 e. The average molecular weight is 162 g/mol. The molecule has 0 N–H and O–H groups in total. The number of nitrogens with zero attached hydrogens (tertiary/aromatic N) is 4. The Morgan fingerprint density at radius 1 is 1.42 bits per heavy atom. The molecule has 0 aliphatic carbocycles. The van der Waals surface area contributed by atoms with Crippen molar-refractivity contribution in [1.82, 2.24) is 19.6 Å². The van der Waals surface area contributed by atoms with E-state index in [2.05, 4.69) is 10.2 Å². The van der Waals surface area contributed by atoms with Crippen molar-refractivity contribution < 1.29 is 0 Å². The summed E-state index contributed by atoms with van der Waals surface area (Å²) in [5.74, 6) is 0. The van der Waals surface area contributed by atoms with Crippen molar-refractivity contribution in [3.63, 3.8) is 0 Å². The highest BCUT2D eigenvalue weighted by atomic mass is 15.3. The summed E-state index contributed by atoms with van der Waals surface area (Å²) < 4.78 is 3.64. The van der Waals surface area contributed by atoms with Crippen LogP contribution in [0.5, 0.6) is 0 Å². The lowest BCUT2D eigenvalue weighted by Gasteiger charge is -1.95. The number of rotatable bonds is 2. The van der Waals surface area contributed by atoms with Gasteiger partial charge in [-0.3, -0.25) is 9.36 Å². The molecule has 0 amide bonds. The molecule has 0 aliphatic rings. The number of hydrogen-bond donors (Lipinski definition) is 0. The summed E-state index contributed by atoms with van der Waals surface area (Å²) in [6.45, 7) is 0.744. The number of aryl methyl sites for hydroxylation is 1. The molecule has 12 heavy (non-hydrogen) atoms. The molecule has 0 unspecified atom stereocenters. The molecule has 0 aliphatic heterocycles. The van der Waals surface area contributed by atoms with Crippen LogP contribution < -0.4 is 0 Å². The molecule has 0 radical (unpaired) electrons. The van der Waals surface area contributed by atoms with Crippen LogP contribution in [-0.4, -0.2) is 19.6 Å². The van der Waals surface area contributed by atoms with Crippen molar-refractivity contribution in [3.8, 4) is 0 Å². The summed E-state index contributed by atoms with van der Waals surface area (Å²) in [5, 5.41) is 8.33. The van der Waals surface area contributed by atoms with E-state index in [0.29, 0.717) is 0 Å². The first-order valence-electron chi connectivity index (χ1n) is 3.80. The predicted octanol–water partition coefficient (Wildman–Crippen LogP) is 0.665. The molecule has 0 spiro atoms. The third kappa shape index (κ3) is 1.37. The molecule has 0 aromatic carbocycles. The van der Waals surface area contributed by atoms with E-state index in [1.54, 1.807) is 10.9 Å². The molecule has 0 saturated carbocycles. The fourth-order valence-electron chi connectivity index (χ4n) is 1.11. The van der Waals surface area contributed by atoms with E-state index in [1.807, 2.05) is 36.3 Å². The highest BCUT2D eigenvalue weighted by molar-refractivity contribution is 4.99. The van der Waals surface area contributed by atoms with E-state index in [9.17, 15) is 0 Å². The first kappa shape index (κ1) is 7.09. The number of aromatic nitrogens is 4. The van der Waals surface area contributed by atoms with E-state index in [-0.39, 0.29) is 0 Å². The molecule has 4 nitrogen and oxygen atoms in total. The van der Waals surface area contributed by atoms with Crippen LogP contribution in [0.3, 0.4) is 0 Å². The quantitative estimate of drug-likeness (QED) is 0.650. The first-order chi connectivity index (χ1) is 5.84. The van der Waals surface area contributed by atoms with Crippen molar-refractivity contribution in [3.05, 3.63) is 36.4 Å². The van der Waals surface area contributed by atoms with Gasteiger partial charge in [-0.2, -0.15) is 10.2 Å². The van der Waals surface area contributed by atoms with E-state index in [1.165, 1.54) is 0 Å². The van der Waals surface area contributed by atoms with Gasteiger partial charge in [0.2, 0.25) is 0 Å². The Kier molecular flexibility index (Phi) is 1.66. The summed E-state index contributed by atoms with van der Waals surface area (Å²) in [7, 11) is 1.91. The van der Waals surface area contributed by atoms with Crippen molar-refractivity contribution in [1.29, 1.82) is 0 Å². The first-order valence-corrected chi connectivity index (χ1v) is 3.80. The zero-order valence-corrected chi connectivity index (χ0v) is 6.88.